The number of hydrogen-bond donors (Lipinski definition) is 3. The number of anilines is 1. The number of aryl methyl sites for hydroxylation is 1. The van der Waals surface area contributed by atoms with Crippen LogP contribution >= 0.6 is 0 Å². The van der Waals surface area contributed by atoms with Gasteiger partial charge in [0, 0.05) is 12.7 Å². The van der Waals surface area contributed by atoms with Gasteiger partial charge in [0.1, 0.15) is 11.9 Å². The molecule has 0 unspecified atom stereocenters. The summed E-state index contributed by atoms with van der Waals surface area (Å²) in [6.45, 7) is 0.208. The van der Waals surface area contributed by atoms with Crippen molar-refractivity contribution in [1.82, 2.24) is 9.55 Å². The van der Waals surface area contributed by atoms with Crippen molar-refractivity contribution in [2.24, 2.45) is 5.73 Å². The molecule has 0 radical (unpaired) electrons. The van der Waals surface area contributed by atoms with Crippen LogP contribution in [0.15, 0.2) is 17.1 Å². The number of hydrogen-bond acceptors (Lipinski definition) is 5. The van der Waals surface area contributed by atoms with Crippen LogP contribution < -0.4 is 17.2 Å². The second-order valence-corrected chi connectivity index (χ2v) is 3.06. The van der Waals surface area contributed by atoms with Crippen LogP contribution in [-0.2, 0) is 11.3 Å². The quantitative estimate of drug-likeness (QED) is 0.565. The summed E-state index contributed by atoms with van der Waals surface area (Å²) in [4.78, 5) is 25.1. The van der Waals surface area contributed by atoms with Gasteiger partial charge in [0.05, 0.1) is 0 Å². The molecular formula is C8H12N4O3. The minimum atomic E-state index is -1.09. The molecule has 0 fully saturated rings. The summed E-state index contributed by atoms with van der Waals surface area (Å²) in [5.74, 6) is -0.953. The van der Waals surface area contributed by atoms with Crippen molar-refractivity contribution in [1.29, 1.82) is 0 Å². The lowest BCUT2D eigenvalue weighted by Crippen LogP contribution is -2.33. The van der Waals surface area contributed by atoms with Crippen LogP contribution in [0.1, 0.15) is 6.42 Å². The Hall–Kier alpha value is -1.89. The zero-order valence-corrected chi connectivity index (χ0v) is 7.96. The SMILES string of the molecule is Nc1ccn(CC[C@H](N)C(=O)O)c(=O)n1. The predicted molar refractivity (Wildman–Crippen MR) is 53.1 cm³/mol. The van der Waals surface area contributed by atoms with E-state index in [0.29, 0.717) is 0 Å². The third-order valence-electron chi connectivity index (χ3n) is 1.89. The molecule has 15 heavy (non-hydrogen) atoms. The standard InChI is InChI=1S/C8H12N4O3/c9-5(7(13)14)1-3-12-4-2-6(10)11-8(12)15/h2,4-5H,1,3,9H2,(H,13,14)(H2,10,11,15)/t5-/m0/s1. The van der Waals surface area contributed by atoms with E-state index < -0.39 is 17.7 Å². The first-order valence-corrected chi connectivity index (χ1v) is 4.32. The molecule has 82 valence electrons. The van der Waals surface area contributed by atoms with Gasteiger partial charge in [0.2, 0.25) is 0 Å². The van der Waals surface area contributed by atoms with Gasteiger partial charge in [-0.15, -0.1) is 0 Å². The fraction of sp³-hybridized carbons (Fsp3) is 0.375. The summed E-state index contributed by atoms with van der Waals surface area (Å²) >= 11 is 0. The van der Waals surface area contributed by atoms with E-state index in [-0.39, 0.29) is 18.8 Å². The van der Waals surface area contributed by atoms with Crippen LogP contribution in [0.25, 0.3) is 0 Å². The van der Waals surface area contributed by atoms with Crippen molar-refractivity contribution in [3.63, 3.8) is 0 Å². The molecule has 1 aromatic rings. The number of carboxylic acid groups (broad SMARTS) is 1. The number of aliphatic carboxylic acids is 1. The summed E-state index contributed by atoms with van der Waals surface area (Å²) in [5.41, 5.74) is 10.1. The van der Waals surface area contributed by atoms with E-state index in [1.807, 2.05) is 0 Å². The fourth-order valence-corrected chi connectivity index (χ4v) is 1.01. The Labute approximate surface area is 85.3 Å². The van der Waals surface area contributed by atoms with Crippen LogP contribution in [0.3, 0.4) is 0 Å². The number of nitrogen functional groups attached to an aromatic ring is 1. The Morgan fingerprint density at radius 2 is 2.33 bits per heavy atom. The topological polar surface area (TPSA) is 124 Å². The zero-order chi connectivity index (χ0) is 11.4. The lowest BCUT2D eigenvalue weighted by Gasteiger charge is -2.07. The van der Waals surface area contributed by atoms with Gasteiger partial charge in [-0.1, -0.05) is 0 Å². The van der Waals surface area contributed by atoms with Crippen LogP contribution in [0.2, 0.25) is 0 Å². The Morgan fingerprint density at radius 1 is 1.67 bits per heavy atom. The third kappa shape index (κ3) is 3.06. The summed E-state index contributed by atoms with van der Waals surface area (Å²) in [7, 11) is 0. The predicted octanol–water partition coefficient (Wildman–Crippen LogP) is -1.37. The molecular weight excluding hydrogens is 200 g/mol. The monoisotopic (exact) mass is 212 g/mol. The van der Waals surface area contributed by atoms with Crippen LogP contribution in [0.4, 0.5) is 5.82 Å². The Kier molecular flexibility index (Phi) is 3.40. The maximum Gasteiger partial charge on any atom is 0.349 e. The average molecular weight is 212 g/mol. The number of rotatable bonds is 4. The lowest BCUT2D eigenvalue weighted by atomic mass is 10.2. The van der Waals surface area contributed by atoms with Gasteiger partial charge in [0.15, 0.2) is 0 Å². The molecule has 0 amide bonds. The summed E-state index contributed by atoms with van der Waals surface area (Å²) in [6, 6.07) is 0.489. The van der Waals surface area contributed by atoms with Gasteiger partial charge >= 0.3 is 11.7 Å². The molecule has 0 bridgehead atoms. The lowest BCUT2D eigenvalue weighted by molar-refractivity contribution is -0.138. The van der Waals surface area contributed by atoms with Crippen molar-refractivity contribution >= 4 is 11.8 Å². The van der Waals surface area contributed by atoms with Crippen molar-refractivity contribution in [2.75, 3.05) is 5.73 Å². The minimum Gasteiger partial charge on any atom is -0.480 e. The molecule has 1 heterocycles. The summed E-state index contributed by atoms with van der Waals surface area (Å²) < 4.78 is 1.26. The number of carboxylic acids is 1. The number of nitrogens with zero attached hydrogens (tertiary/aromatic N) is 2. The van der Waals surface area contributed by atoms with E-state index in [9.17, 15) is 9.59 Å². The molecule has 0 saturated carbocycles. The maximum atomic E-state index is 11.2. The van der Waals surface area contributed by atoms with Crippen molar-refractivity contribution in [3.8, 4) is 0 Å². The summed E-state index contributed by atoms with van der Waals surface area (Å²) in [6.07, 6.45) is 1.63. The van der Waals surface area contributed by atoms with Gasteiger partial charge in [0.25, 0.3) is 0 Å². The minimum absolute atomic E-state index is 0.138. The first kappa shape index (κ1) is 11.2. The van der Waals surface area contributed by atoms with E-state index >= 15 is 0 Å². The first-order chi connectivity index (χ1) is 7.00. The molecule has 0 spiro atoms. The molecule has 0 aliphatic rings. The molecule has 0 aliphatic heterocycles. The Bertz CT molecular complexity index is 415. The Balaban J connectivity index is 2.66. The first-order valence-electron chi connectivity index (χ1n) is 4.32. The highest BCUT2D eigenvalue weighted by Crippen LogP contribution is 1.94. The highest BCUT2D eigenvalue weighted by Gasteiger charge is 2.11. The van der Waals surface area contributed by atoms with Gasteiger partial charge in [-0.3, -0.25) is 9.36 Å². The smallest absolute Gasteiger partial charge is 0.349 e. The molecule has 1 aromatic heterocycles. The normalized spacial score (nSPS) is 12.3. The van der Waals surface area contributed by atoms with Crippen molar-refractivity contribution in [2.45, 2.75) is 19.0 Å². The van der Waals surface area contributed by atoms with E-state index in [2.05, 4.69) is 4.98 Å². The fourth-order valence-electron chi connectivity index (χ4n) is 1.01. The number of carbonyl (C=O) groups is 1. The molecule has 5 N–H and O–H groups in total. The van der Waals surface area contributed by atoms with Crippen LogP contribution in [0.5, 0.6) is 0 Å². The second kappa shape index (κ2) is 4.56. The average Bonchev–Trinajstić information content (AvgIpc) is 2.15. The molecule has 0 saturated heterocycles. The molecule has 7 nitrogen and oxygen atoms in total. The van der Waals surface area contributed by atoms with Crippen LogP contribution in [-0.4, -0.2) is 26.7 Å². The highest BCUT2D eigenvalue weighted by atomic mass is 16.4. The van der Waals surface area contributed by atoms with Crippen LogP contribution in [0, 0.1) is 0 Å². The van der Waals surface area contributed by atoms with Crippen molar-refractivity contribution < 1.29 is 9.90 Å². The zero-order valence-electron chi connectivity index (χ0n) is 7.96. The molecule has 0 aromatic carbocycles. The van der Waals surface area contributed by atoms with E-state index in [1.54, 1.807) is 0 Å². The molecule has 1 atom stereocenters. The highest BCUT2D eigenvalue weighted by molar-refractivity contribution is 5.72. The number of nitrogens with two attached hydrogens (primary N) is 2. The Morgan fingerprint density at radius 3 is 2.87 bits per heavy atom. The second-order valence-electron chi connectivity index (χ2n) is 3.06. The van der Waals surface area contributed by atoms with Gasteiger partial charge in [-0.05, 0) is 12.5 Å². The molecule has 1 rings (SSSR count). The number of aromatic nitrogens is 2. The third-order valence-corrected chi connectivity index (χ3v) is 1.89. The van der Waals surface area contributed by atoms with Gasteiger partial charge < -0.3 is 16.6 Å². The molecule has 7 heteroatoms. The van der Waals surface area contributed by atoms with E-state index in [0.717, 1.165) is 0 Å². The summed E-state index contributed by atoms with van der Waals surface area (Å²) in [5, 5.41) is 8.53. The van der Waals surface area contributed by atoms with E-state index in [4.69, 9.17) is 16.6 Å². The molecule has 0 aliphatic carbocycles. The van der Waals surface area contributed by atoms with Gasteiger partial charge in [-0.2, -0.15) is 4.98 Å². The largest absolute Gasteiger partial charge is 0.480 e. The van der Waals surface area contributed by atoms with E-state index in [1.165, 1.54) is 16.8 Å². The maximum absolute atomic E-state index is 11.2. The van der Waals surface area contributed by atoms with Crippen molar-refractivity contribution in [3.05, 3.63) is 22.7 Å². The van der Waals surface area contributed by atoms with Gasteiger partial charge in [-0.25, -0.2) is 4.79 Å².